The third-order valence-corrected chi connectivity index (χ3v) is 0.566. The van der Waals surface area contributed by atoms with Crippen LogP contribution in [0.3, 0.4) is 0 Å². The van der Waals surface area contributed by atoms with Crippen LogP contribution in [0.25, 0.3) is 0 Å². The number of carbonyl (C=O) groups is 2. The van der Waals surface area contributed by atoms with Crippen molar-refractivity contribution in [3.05, 3.63) is 12.3 Å². The fourth-order valence-electron chi connectivity index (χ4n) is 0.240. The summed E-state index contributed by atoms with van der Waals surface area (Å²) in [5, 5.41) is 7.42. The van der Waals surface area contributed by atoms with Gasteiger partial charge in [0, 0.05) is 13.8 Å². The number of hydrogen-bond donors (Lipinski definition) is 1. The highest BCUT2D eigenvalue weighted by Gasteiger charge is 1.81. The Morgan fingerprint density at radius 3 is 2.08 bits per heavy atom. The summed E-state index contributed by atoms with van der Waals surface area (Å²) in [6, 6.07) is 0. The van der Waals surface area contributed by atoms with Gasteiger partial charge in [-0.3, -0.25) is 9.59 Å². The lowest BCUT2D eigenvalue weighted by atomic mass is 10.5. The van der Waals surface area contributed by atoms with Gasteiger partial charge in [0.25, 0.3) is 5.97 Å². The molecular weight excluding hydrogens is 160 g/mol. The van der Waals surface area contributed by atoms with Crippen molar-refractivity contribution in [3.63, 3.8) is 0 Å². The highest BCUT2D eigenvalue weighted by Crippen LogP contribution is 1.81. The van der Waals surface area contributed by atoms with Crippen molar-refractivity contribution in [2.24, 2.45) is 0 Å². The van der Waals surface area contributed by atoms with Crippen molar-refractivity contribution in [2.45, 2.75) is 27.2 Å². The molecule has 0 aliphatic carbocycles. The van der Waals surface area contributed by atoms with Gasteiger partial charge in [-0.15, -0.1) is 0 Å². The largest absolute Gasteiger partial charge is 0.481 e. The molecule has 0 aliphatic rings. The molecule has 0 aromatic rings. The fourth-order valence-corrected chi connectivity index (χ4v) is 0.240. The van der Waals surface area contributed by atoms with E-state index in [2.05, 4.69) is 4.74 Å². The zero-order chi connectivity index (χ0) is 9.98. The molecule has 70 valence electrons. The molecule has 0 heterocycles. The standard InChI is InChI=1S/C6H10O2.C2H4O2/c1-3-4-5-8-6(2)7;1-2(3)4/h4-5H,3H2,1-2H3;1H3,(H,3,4). The molecule has 0 saturated carbocycles. The monoisotopic (exact) mass is 174 g/mol. The molecule has 0 aliphatic heterocycles. The summed E-state index contributed by atoms with van der Waals surface area (Å²) in [5.74, 6) is -1.10. The lowest BCUT2D eigenvalue weighted by Gasteiger charge is -1.86. The zero-order valence-corrected chi connectivity index (χ0v) is 7.53. The molecule has 0 aromatic heterocycles. The molecule has 0 unspecified atom stereocenters. The van der Waals surface area contributed by atoms with Gasteiger partial charge in [0.15, 0.2) is 0 Å². The molecule has 0 amide bonds. The minimum absolute atomic E-state index is 0.269. The Labute approximate surface area is 71.8 Å². The Morgan fingerprint density at radius 2 is 1.83 bits per heavy atom. The number of esters is 1. The van der Waals surface area contributed by atoms with Gasteiger partial charge in [-0.1, -0.05) is 6.92 Å². The number of carbonyl (C=O) groups excluding carboxylic acids is 1. The summed E-state index contributed by atoms with van der Waals surface area (Å²) in [4.78, 5) is 19.0. The normalized spacial score (nSPS) is 8.58. The molecule has 0 aromatic carbocycles. The van der Waals surface area contributed by atoms with E-state index >= 15 is 0 Å². The van der Waals surface area contributed by atoms with Crippen molar-refractivity contribution >= 4 is 11.9 Å². The third kappa shape index (κ3) is 37.8. The van der Waals surface area contributed by atoms with Gasteiger partial charge in [-0.05, 0) is 12.5 Å². The predicted octanol–water partition coefficient (Wildman–Crippen LogP) is 1.56. The van der Waals surface area contributed by atoms with Gasteiger partial charge in [-0.2, -0.15) is 0 Å². The smallest absolute Gasteiger partial charge is 0.307 e. The lowest BCUT2D eigenvalue weighted by molar-refractivity contribution is -0.136. The second kappa shape index (κ2) is 9.68. The van der Waals surface area contributed by atoms with Gasteiger partial charge < -0.3 is 9.84 Å². The Balaban J connectivity index is 0. The maximum Gasteiger partial charge on any atom is 0.307 e. The van der Waals surface area contributed by atoms with Gasteiger partial charge >= 0.3 is 5.97 Å². The average molecular weight is 174 g/mol. The molecule has 0 fully saturated rings. The maximum atomic E-state index is 10.0. The lowest BCUT2D eigenvalue weighted by Crippen LogP contribution is -1.88. The summed E-state index contributed by atoms with van der Waals surface area (Å²) in [7, 11) is 0. The van der Waals surface area contributed by atoms with Crippen LogP contribution in [0.15, 0.2) is 12.3 Å². The summed E-state index contributed by atoms with van der Waals surface area (Å²) < 4.78 is 4.46. The van der Waals surface area contributed by atoms with E-state index in [4.69, 9.17) is 9.90 Å². The molecule has 0 radical (unpaired) electrons. The van der Waals surface area contributed by atoms with E-state index in [1.165, 1.54) is 13.2 Å². The quantitative estimate of drug-likeness (QED) is 0.509. The molecule has 0 rings (SSSR count). The highest BCUT2D eigenvalue weighted by molar-refractivity contribution is 5.66. The molecule has 4 heteroatoms. The molecule has 1 N–H and O–H groups in total. The van der Waals surface area contributed by atoms with E-state index in [1.807, 2.05) is 6.92 Å². The Hall–Kier alpha value is -1.32. The first-order valence-electron chi connectivity index (χ1n) is 3.52. The number of allylic oxidation sites excluding steroid dienone is 1. The Morgan fingerprint density at radius 1 is 1.42 bits per heavy atom. The molecule has 4 nitrogen and oxygen atoms in total. The molecular formula is C8H14O4. The zero-order valence-electron chi connectivity index (χ0n) is 7.53. The van der Waals surface area contributed by atoms with Crippen LogP contribution < -0.4 is 0 Å². The number of aliphatic carboxylic acids is 1. The highest BCUT2D eigenvalue weighted by atomic mass is 16.5. The Kier molecular flexibility index (Phi) is 10.7. The Bertz CT molecular complexity index is 156. The minimum Gasteiger partial charge on any atom is -0.481 e. The number of ether oxygens (including phenoxy) is 1. The van der Waals surface area contributed by atoms with Crippen molar-refractivity contribution in [3.8, 4) is 0 Å². The van der Waals surface area contributed by atoms with E-state index in [9.17, 15) is 4.79 Å². The van der Waals surface area contributed by atoms with Crippen LogP contribution >= 0.6 is 0 Å². The fraction of sp³-hybridized carbons (Fsp3) is 0.500. The van der Waals surface area contributed by atoms with Crippen LogP contribution in [0.4, 0.5) is 0 Å². The van der Waals surface area contributed by atoms with Crippen molar-refractivity contribution in [2.75, 3.05) is 0 Å². The van der Waals surface area contributed by atoms with Crippen molar-refractivity contribution in [1.82, 2.24) is 0 Å². The first-order valence-corrected chi connectivity index (χ1v) is 3.52. The van der Waals surface area contributed by atoms with E-state index in [0.717, 1.165) is 13.3 Å². The molecule has 0 saturated heterocycles. The summed E-state index contributed by atoms with van der Waals surface area (Å²) in [6.07, 6.45) is 4.08. The van der Waals surface area contributed by atoms with Gasteiger partial charge in [0.2, 0.25) is 0 Å². The first-order chi connectivity index (χ1) is 5.50. The number of hydrogen-bond acceptors (Lipinski definition) is 3. The molecule has 12 heavy (non-hydrogen) atoms. The second-order valence-electron chi connectivity index (χ2n) is 1.91. The van der Waals surface area contributed by atoms with Gasteiger partial charge in [-0.25, -0.2) is 0 Å². The topological polar surface area (TPSA) is 63.6 Å². The summed E-state index contributed by atoms with van der Waals surface area (Å²) in [5.41, 5.74) is 0. The molecule has 0 spiro atoms. The predicted molar refractivity (Wildman–Crippen MR) is 44.5 cm³/mol. The van der Waals surface area contributed by atoms with Crippen LogP contribution in [-0.2, 0) is 14.3 Å². The van der Waals surface area contributed by atoms with E-state index in [-0.39, 0.29) is 5.97 Å². The van der Waals surface area contributed by atoms with Crippen LogP contribution in [-0.4, -0.2) is 17.0 Å². The van der Waals surface area contributed by atoms with Crippen LogP contribution in [0.2, 0.25) is 0 Å². The average Bonchev–Trinajstić information content (AvgIpc) is 1.86. The van der Waals surface area contributed by atoms with Crippen LogP contribution in [0.5, 0.6) is 0 Å². The number of carboxylic acids is 1. The second-order valence-corrected chi connectivity index (χ2v) is 1.91. The van der Waals surface area contributed by atoms with E-state index in [1.54, 1.807) is 6.08 Å². The summed E-state index contributed by atoms with van der Waals surface area (Å²) >= 11 is 0. The maximum absolute atomic E-state index is 10.0. The SMILES string of the molecule is CC(=O)O.CCC=COC(C)=O. The number of carboxylic acid groups (broad SMARTS) is 1. The van der Waals surface area contributed by atoms with Crippen LogP contribution in [0, 0.1) is 0 Å². The first kappa shape index (κ1) is 13.3. The van der Waals surface area contributed by atoms with Gasteiger partial charge in [0.05, 0.1) is 6.26 Å². The van der Waals surface area contributed by atoms with Crippen molar-refractivity contribution in [1.29, 1.82) is 0 Å². The number of rotatable bonds is 2. The molecule has 0 atom stereocenters. The molecule has 0 bridgehead atoms. The summed E-state index contributed by atoms with van der Waals surface area (Å²) in [6.45, 7) is 4.43. The van der Waals surface area contributed by atoms with E-state index < -0.39 is 5.97 Å². The van der Waals surface area contributed by atoms with Crippen LogP contribution in [0.1, 0.15) is 27.2 Å². The van der Waals surface area contributed by atoms with E-state index in [0.29, 0.717) is 0 Å². The van der Waals surface area contributed by atoms with Gasteiger partial charge in [0.1, 0.15) is 0 Å². The third-order valence-electron chi connectivity index (χ3n) is 0.566. The minimum atomic E-state index is -0.833. The van der Waals surface area contributed by atoms with Crippen molar-refractivity contribution < 1.29 is 19.4 Å².